The predicted molar refractivity (Wildman–Crippen MR) is 106 cm³/mol. The summed E-state index contributed by atoms with van der Waals surface area (Å²) in [5.41, 5.74) is 5.08. The standard InChI is InChI=1S/C19H13N3O2S2/c1-26(24)17-9-5-3-7-13(17)15-11-10-14(18-19(15)22-25-21-18)12-6-2-4-8-16(12)20-23/h2-11H,1H3. The molecular formula is C19H13N3O2S2. The van der Waals surface area contributed by atoms with Gasteiger partial charge >= 0.3 is 0 Å². The van der Waals surface area contributed by atoms with E-state index in [1.165, 1.54) is 0 Å². The highest BCUT2D eigenvalue weighted by molar-refractivity contribution is 7.84. The second-order valence-electron chi connectivity index (χ2n) is 5.68. The van der Waals surface area contributed by atoms with Crippen molar-refractivity contribution < 1.29 is 4.21 Å². The second-order valence-corrected chi connectivity index (χ2v) is 7.56. The minimum atomic E-state index is -1.12. The van der Waals surface area contributed by atoms with Gasteiger partial charge in [-0.2, -0.15) is 8.75 Å². The van der Waals surface area contributed by atoms with Crippen molar-refractivity contribution in [3.63, 3.8) is 0 Å². The SMILES string of the molecule is CS(=O)c1ccccc1-c1ccc(-c2ccccc2N=O)c2nsnc12. The van der Waals surface area contributed by atoms with Gasteiger partial charge in [0, 0.05) is 33.4 Å². The quantitative estimate of drug-likeness (QED) is 0.459. The van der Waals surface area contributed by atoms with Crippen LogP contribution in [0, 0.1) is 4.91 Å². The highest BCUT2D eigenvalue weighted by Crippen LogP contribution is 2.39. The van der Waals surface area contributed by atoms with E-state index in [4.69, 9.17) is 0 Å². The van der Waals surface area contributed by atoms with Crippen molar-refractivity contribution in [2.45, 2.75) is 4.90 Å². The van der Waals surface area contributed by atoms with Crippen LogP contribution in [0.5, 0.6) is 0 Å². The molecule has 0 spiro atoms. The Kier molecular flexibility index (Phi) is 4.40. The van der Waals surface area contributed by atoms with Crippen LogP contribution in [0.15, 0.2) is 70.7 Å². The van der Waals surface area contributed by atoms with E-state index in [9.17, 15) is 9.12 Å². The zero-order valence-electron chi connectivity index (χ0n) is 13.7. The monoisotopic (exact) mass is 379 g/mol. The minimum absolute atomic E-state index is 0.365. The van der Waals surface area contributed by atoms with Gasteiger partial charge in [-0.3, -0.25) is 4.21 Å². The Bertz CT molecular complexity index is 1150. The minimum Gasteiger partial charge on any atom is -0.255 e. The summed E-state index contributed by atoms with van der Waals surface area (Å²) in [7, 11) is -1.12. The average Bonchev–Trinajstić information content (AvgIpc) is 3.17. The van der Waals surface area contributed by atoms with Crippen molar-refractivity contribution in [3.8, 4) is 22.3 Å². The molecule has 0 saturated carbocycles. The van der Waals surface area contributed by atoms with E-state index >= 15 is 0 Å². The van der Waals surface area contributed by atoms with Crippen molar-refractivity contribution in [2.24, 2.45) is 5.18 Å². The van der Waals surface area contributed by atoms with E-state index in [-0.39, 0.29) is 0 Å². The number of aromatic nitrogens is 2. The largest absolute Gasteiger partial charge is 0.255 e. The van der Waals surface area contributed by atoms with E-state index in [2.05, 4.69) is 13.9 Å². The van der Waals surface area contributed by atoms with Crippen molar-refractivity contribution in [1.82, 2.24) is 8.75 Å². The molecule has 4 rings (SSSR count). The summed E-state index contributed by atoms with van der Waals surface area (Å²) in [5, 5.41) is 3.12. The molecule has 1 unspecified atom stereocenters. The fourth-order valence-electron chi connectivity index (χ4n) is 3.02. The Balaban J connectivity index is 1.99. The van der Waals surface area contributed by atoms with Crippen molar-refractivity contribution in [1.29, 1.82) is 0 Å². The van der Waals surface area contributed by atoms with Gasteiger partial charge < -0.3 is 0 Å². The molecular weight excluding hydrogens is 366 g/mol. The number of hydrogen-bond donors (Lipinski definition) is 0. The molecule has 0 fully saturated rings. The van der Waals surface area contributed by atoms with Gasteiger partial charge in [0.15, 0.2) is 0 Å². The van der Waals surface area contributed by atoms with Crippen LogP contribution in [0.3, 0.4) is 0 Å². The number of nitrogens with zero attached hydrogens (tertiary/aromatic N) is 3. The molecule has 0 amide bonds. The number of rotatable bonds is 4. The summed E-state index contributed by atoms with van der Waals surface area (Å²) in [4.78, 5) is 11.9. The maximum absolute atomic E-state index is 12.1. The number of nitroso groups, excluding NO2 is 1. The van der Waals surface area contributed by atoms with Crippen LogP contribution in [-0.4, -0.2) is 19.2 Å². The molecule has 26 heavy (non-hydrogen) atoms. The summed E-state index contributed by atoms with van der Waals surface area (Å²) >= 11 is 1.11. The van der Waals surface area contributed by atoms with Gasteiger partial charge in [-0.1, -0.05) is 48.5 Å². The lowest BCUT2D eigenvalue weighted by Gasteiger charge is -2.10. The maximum atomic E-state index is 12.1. The molecule has 4 aromatic rings. The van der Waals surface area contributed by atoms with Gasteiger partial charge in [-0.05, 0) is 17.3 Å². The lowest BCUT2D eigenvalue weighted by atomic mass is 9.97. The molecule has 1 atom stereocenters. The lowest BCUT2D eigenvalue weighted by Crippen LogP contribution is -1.93. The molecule has 1 aromatic heterocycles. The molecule has 1 heterocycles. The van der Waals surface area contributed by atoms with Gasteiger partial charge in [-0.25, -0.2) is 0 Å². The molecule has 0 aliphatic carbocycles. The average molecular weight is 379 g/mol. The van der Waals surface area contributed by atoms with Gasteiger partial charge in [0.25, 0.3) is 0 Å². The van der Waals surface area contributed by atoms with E-state index in [1.807, 2.05) is 48.5 Å². The Hall–Kier alpha value is -2.77. The molecule has 0 N–H and O–H groups in total. The first-order chi connectivity index (χ1) is 12.7. The molecule has 128 valence electrons. The first-order valence-corrected chi connectivity index (χ1v) is 10.1. The number of benzene rings is 3. The number of fused-ring (bicyclic) bond motifs is 1. The second kappa shape index (κ2) is 6.86. The summed E-state index contributed by atoms with van der Waals surface area (Å²) < 4.78 is 21.0. The summed E-state index contributed by atoms with van der Waals surface area (Å²) in [5.74, 6) is 0. The first-order valence-electron chi connectivity index (χ1n) is 7.81. The maximum Gasteiger partial charge on any atom is 0.115 e. The van der Waals surface area contributed by atoms with Crippen LogP contribution in [0.2, 0.25) is 0 Å². The van der Waals surface area contributed by atoms with Crippen LogP contribution < -0.4 is 0 Å². The van der Waals surface area contributed by atoms with E-state index in [1.54, 1.807) is 18.4 Å². The Labute approximate surface area is 156 Å². The van der Waals surface area contributed by atoms with Gasteiger partial charge in [0.05, 0.1) is 22.5 Å². The van der Waals surface area contributed by atoms with E-state index < -0.39 is 10.8 Å². The summed E-state index contributed by atoms with van der Waals surface area (Å²) in [6.45, 7) is 0. The zero-order valence-corrected chi connectivity index (χ0v) is 15.4. The summed E-state index contributed by atoms with van der Waals surface area (Å²) in [6.07, 6.45) is 1.66. The smallest absolute Gasteiger partial charge is 0.115 e. The predicted octanol–water partition coefficient (Wildman–Crippen LogP) is 5.16. The van der Waals surface area contributed by atoms with Crippen LogP contribution in [-0.2, 0) is 10.8 Å². The van der Waals surface area contributed by atoms with Crippen LogP contribution in [0.25, 0.3) is 33.3 Å². The Morgan fingerprint density at radius 1 is 0.808 bits per heavy atom. The molecule has 0 aliphatic heterocycles. The molecule has 0 bridgehead atoms. The van der Waals surface area contributed by atoms with Crippen molar-refractivity contribution in [2.75, 3.05) is 6.26 Å². The van der Waals surface area contributed by atoms with Crippen LogP contribution in [0.4, 0.5) is 5.69 Å². The highest BCUT2D eigenvalue weighted by atomic mass is 32.2. The van der Waals surface area contributed by atoms with Crippen LogP contribution >= 0.6 is 11.7 Å². The van der Waals surface area contributed by atoms with Gasteiger partial charge in [0.2, 0.25) is 0 Å². The highest BCUT2D eigenvalue weighted by Gasteiger charge is 2.17. The fourth-order valence-corrected chi connectivity index (χ4v) is 4.35. The Morgan fingerprint density at radius 3 is 2.04 bits per heavy atom. The van der Waals surface area contributed by atoms with Crippen molar-refractivity contribution >= 4 is 39.2 Å². The van der Waals surface area contributed by atoms with Crippen molar-refractivity contribution in [3.05, 3.63) is 65.6 Å². The third kappa shape index (κ3) is 2.75. The topological polar surface area (TPSA) is 72.3 Å². The molecule has 3 aromatic carbocycles. The molecule has 0 radical (unpaired) electrons. The van der Waals surface area contributed by atoms with Gasteiger partial charge in [0.1, 0.15) is 16.7 Å². The zero-order chi connectivity index (χ0) is 18.1. The number of hydrogen-bond acceptors (Lipinski definition) is 6. The summed E-state index contributed by atoms with van der Waals surface area (Å²) in [6, 6.07) is 18.6. The normalized spacial score (nSPS) is 12.2. The molecule has 7 heteroatoms. The molecule has 5 nitrogen and oxygen atoms in total. The third-order valence-electron chi connectivity index (χ3n) is 4.19. The van der Waals surface area contributed by atoms with E-state index in [0.717, 1.165) is 44.4 Å². The first kappa shape index (κ1) is 16.7. The fraction of sp³-hybridized carbons (Fsp3) is 0.0526. The lowest BCUT2D eigenvalue weighted by molar-refractivity contribution is 0.687. The Morgan fingerprint density at radius 2 is 1.38 bits per heavy atom. The van der Waals surface area contributed by atoms with Gasteiger partial charge in [-0.15, -0.1) is 4.91 Å². The molecule has 0 aliphatic rings. The van der Waals surface area contributed by atoms with Crippen LogP contribution in [0.1, 0.15) is 0 Å². The third-order valence-corrected chi connectivity index (χ3v) is 5.70. The van der Waals surface area contributed by atoms with E-state index in [0.29, 0.717) is 11.2 Å². The molecule has 0 saturated heterocycles.